The van der Waals surface area contributed by atoms with Gasteiger partial charge in [0, 0.05) is 42.2 Å². The summed E-state index contributed by atoms with van der Waals surface area (Å²) in [6.07, 6.45) is 1.37. The number of aromatic amines is 1. The number of carbonyl (C=O) groups is 1. The molecular weight excluding hydrogens is 414 g/mol. The van der Waals surface area contributed by atoms with E-state index in [0.717, 1.165) is 36.4 Å². The van der Waals surface area contributed by atoms with Crippen molar-refractivity contribution in [2.75, 3.05) is 13.1 Å². The number of H-pyrrole nitrogens is 1. The highest BCUT2D eigenvalue weighted by Crippen LogP contribution is 2.29. The molecule has 3 aromatic rings. The molecule has 0 aliphatic carbocycles. The van der Waals surface area contributed by atoms with E-state index in [2.05, 4.69) is 32.3 Å². The Morgan fingerprint density at radius 3 is 2.94 bits per heavy atom. The zero-order valence-corrected chi connectivity index (χ0v) is 18.2. The van der Waals surface area contributed by atoms with Crippen molar-refractivity contribution >= 4 is 17.5 Å². The van der Waals surface area contributed by atoms with Gasteiger partial charge in [-0.2, -0.15) is 5.10 Å². The molecule has 4 rings (SSSR count). The third-order valence-electron chi connectivity index (χ3n) is 5.31. The van der Waals surface area contributed by atoms with Crippen LogP contribution in [0.5, 0.6) is 5.75 Å². The molecule has 1 aliphatic rings. The number of hydrogen-bond acceptors (Lipinski definition) is 5. The van der Waals surface area contributed by atoms with Crippen molar-refractivity contribution in [2.45, 2.75) is 39.0 Å². The van der Waals surface area contributed by atoms with Gasteiger partial charge in [0.1, 0.15) is 17.7 Å². The fraction of sp³-hybridized carbons (Fsp3) is 0.348. The third kappa shape index (κ3) is 5.62. The summed E-state index contributed by atoms with van der Waals surface area (Å²) in [5.74, 6) is 2.07. The number of halogens is 1. The summed E-state index contributed by atoms with van der Waals surface area (Å²) in [5, 5.41) is 10.7. The van der Waals surface area contributed by atoms with Crippen molar-refractivity contribution in [1.82, 2.24) is 25.4 Å². The van der Waals surface area contributed by atoms with Crippen molar-refractivity contribution in [3.8, 4) is 17.1 Å². The predicted molar refractivity (Wildman–Crippen MR) is 120 cm³/mol. The quantitative estimate of drug-likeness (QED) is 0.585. The van der Waals surface area contributed by atoms with E-state index >= 15 is 0 Å². The Balaban J connectivity index is 1.29. The first-order valence-electron chi connectivity index (χ1n) is 10.5. The van der Waals surface area contributed by atoms with E-state index in [0.29, 0.717) is 36.2 Å². The smallest absolute Gasteiger partial charge is 0.221 e. The van der Waals surface area contributed by atoms with Crippen LogP contribution in [0.1, 0.15) is 31.2 Å². The van der Waals surface area contributed by atoms with Gasteiger partial charge in [-0.1, -0.05) is 54.9 Å². The first-order chi connectivity index (χ1) is 15.1. The van der Waals surface area contributed by atoms with Gasteiger partial charge >= 0.3 is 0 Å². The minimum atomic E-state index is -0.0211. The van der Waals surface area contributed by atoms with E-state index in [1.165, 1.54) is 0 Å². The number of nitrogens with zero attached hydrogens (tertiary/aromatic N) is 3. The fourth-order valence-electron chi connectivity index (χ4n) is 3.58. The summed E-state index contributed by atoms with van der Waals surface area (Å²) in [6, 6.07) is 15.5. The maximum atomic E-state index is 12.4. The normalized spacial score (nSPS) is 16.3. The lowest BCUT2D eigenvalue weighted by atomic mass is 10.2. The molecule has 1 aromatic heterocycles. The maximum absolute atomic E-state index is 12.4. The Morgan fingerprint density at radius 2 is 2.13 bits per heavy atom. The molecule has 1 unspecified atom stereocenters. The molecule has 8 heteroatoms. The molecule has 1 amide bonds. The van der Waals surface area contributed by atoms with Crippen molar-refractivity contribution in [1.29, 1.82) is 0 Å². The van der Waals surface area contributed by atoms with Crippen LogP contribution in [-0.2, 0) is 17.9 Å². The molecule has 2 aromatic carbocycles. The molecule has 31 heavy (non-hydrogen) atoms. The molecule has 2 heterocycles. The van der Waals surface area contributed by atoms with E-state index in [9.17, 15) is 4.79 Å². The first kappa shape index (κ1) is 21.3. The monoisotopic (exact) mass is 439 g/mol. The van der Waals surface area contributed by atoms with Crippen LogP contribution in [0.3, 0.4) is 0 Å². The largest absolute Gasteiger partial charge is 0.489 e. The molecule has 162 valence electrons. The molecular formula is C23H26ClN5O2. The molecule has 1 atom stereocenters. The predicted octanol–water partition coefficient (Wildman–Crippen LogP) is 3.80. The van der Waals surface area contributed by atoms with Crippen molar-refractivity contribution < 1.29 is 9.53 Å². The average molecular weight is 440 g/mol. The van der Waals surface area contributed by atoms with E-state index in [1.54, 1.807) is 0 Å². The number of hydrogen-bond donors (Lipinski definition) is 2. The summed E-state index contributed by atoms with van der Waals surface area (Å²) in [7, 11) is 0. The van der Waals surface area contributed by atoms with Gasteiger partial charge in [-0.3, -0.25) is 14.8 Å². The van der Waals surface area contributed by atoms with Gasteiger partial charge < -0.3 is 10.1 Å². The molecule has 7 nitrogen and oxygen atoms in total. The number of aromatic nitrogens is 3. The zero-order valence-electron chi connectivity index (χ0n) is 17.5. The number of fused-ring (bicyclic) bond motifs is 1. The second-order valence-corrected chi connectivity index (χ2v) is 8.07. The van der Waals surface area contributed by atoms with Gasteiger partial charge in [0.2, 0.25) is 5.91 Å². The highest BCUT2D eigenvalue weighted by atomic mass is 35.5. The zero-order chi connectivity index (χ0) is 21.6. The van der Waals surface area contributed by atoms with E-state index < -0.39 is 0 Å². The highest BCUT2D eigenvalue weighted by Gasteiger charge is 2.22. The third-order valence-corrected chi connectivity index (χ3v) is 5.54. The van der Waals surface area contributed by atoms with Crippen LogP contribution in [0.25, 0.3) is 11.4 Å². The van der Waals surface area contributed by atoms with Gasteiger partial charge in [-0.25, -0.2) is 4.98 Å². The first-order valence-corrected chi connectivity index (χ1v) is 10.9. The van der Waals surface area contributed by atoms with E-state index in [-0.39, 0.29) is 12.0 Å². The number of benzene rings is 2. The second-order valence-electron chi connectivity index (χ2n) is 7.63. The number of carbonyl (C=O) groups excluding carboxylic acids is 1. The lowest BCUT2D eigenvalue weighted by Crippen LogP contribution is -2.35. The lowest BCUT2D eigenvalue weighted by molar-refractivity contribution is -0.121. The van der Waals surface area contributed by atoms with Crippen molar-refractivity contribution in [3.05, 3.63) is 64.9 Å². The Kier molecular flexibility index (Phi) is 6.84. The topological polar surface area (TPSA) is 83.1 Å². The second kappa shape index (κ2) is 9.94. The van der Waals surface area contributed by atoms with Gasteiger partial charge in [-0.05, 0) is 18.6 Å². The van der Waals surface area contributed by atoms with Crippen molar-refractivity contribution in [2.24, 2.45) is 0 Å². The fourth-order valence-corrected chi connectivity index (χ4v) is 3.74. The maximum Gasteiger partial charge on any atom is 0.221 e. The SMILES string of the molecule is CCC1CN(CCC(=O)NCc2nc(-c3ccccc3)n[nH]2)Cc2ccc(Cl)cc2O1. The summed E-state index contributed by atoms with van der Waals surface area (Å²) in [5.41, 5.74) is 2.03. The standard InChI is InChI=1S/C23H26ClN5O2/c1-2-19-15-29(14-17-8-9-18(24)12-20(17)31-19)11-10-22(30)25-13-21-26-23(28-27-21)16-6-4-3-5-7-16/h3-9,12,19H,2,10-11,13-15H2,1H3,(H,25,30)(H,26,27,28). The molecule has 0 radical (unpaired) electrons. The Labute approximate surface area is 186 Å². The summed E-state index contributed by atoms with van der Waals surface area (Å²) < 4.78 is 6.12. The van der Waals surface area contributed by atoms with Crippen LogP contribution in [0.15, 0.2) is 48.5 Å². The van der Waals surface area contributed by atoms with Crippen molar-refractivity contribution in [3.63, 3.8) is 0 Å². The van der Waals surface area contributed by atoms with Crippen LogP contribution in [0.4, 0.5) is 0 Å². The van der Waals surface area contributed by atoms with Gasteiger partial charge in [0.05, 0.1) is 6.54 Å². The van der Waals surface area contributed by atoms with E-state index in [4.69, 9.17) is 16.3 Å². The Morgan fingerprint density at radius 1 is 1.29 bits per heavy atom. The molecule has 2 N–H and O–H groups in total. The number of ether oxygens (including phenoxy) is 1. The van der Waals surface area contributed by atoms with Crippen LogP contribution in [0, 0.1) is 0 Å². The van der Waals surface area contributed by atoms with Crippen LogP contribution in [0.2, 0.25) is 5.02 Å². The van der Waals surface area contributed by atoms with Crippen LogP contribution in [-0.4, -0.2) is 45.2 Å². The highest BCUT2D eigenvalue weighted by molar-refractivity contribution is 6.30. The number of amides is 1. The molecule has 0 bridgehead atoms. The Hall–Kier alpha value is -2.90. The number of rotatable bonds is 7. The molecule has 0 spiro atoms. The minimum Gasteiger partial charge on any atom is -0.489 e. The van der Waals surface area contributed by atoms with Crippen LogP contribution < -0.4 is 10.1 Å². The van der Waals surface area contributed by atoms with Gasteiger partial charge in [0.25, 0.3) is 0 Å². The molecule has 1 aliphatic heterocycles. The molecule has 0 saturated carbocycles. The lowest BCUT2D eigenvalue weighted by Gasteiger charge is -2.22. The molecule has 0 fully saturated rings. The van der Waals surface area contributed by atoms with Crippen LogP contribution >= 0.6 is 11.6 Å². The summed E-state index contributed by atoms with van der Waals surface area (Å²) >= 11 is 6.12. The summed E-state index contributed by atoms with van der Waals surface area (Å²) in [4.78, 5) is 19.1. The van der Waals surface area contributed by atoms with Gasteiger partial charge in [0.15, 0.2) is 5.82 Å². The van der Waals surface area contributed by atoms with E-state index in [1.807, 2.05) is 48.5 Å². The van der Waals surface area contributed by atoms with Gasteiger partial charge in [-0.15, -0.1) is 0 Å². The minimum absolute atomic E-state index is 0.0211. The Bertz CT molecular complexity index is 1020. The molecule has 0 saturated heterocycles. The summed E-state index contributed by atoms with van der Waals surface area (Å²) in [6.45, 7) is 4.59. The average Bonchev–Trinajstić information content (AvgIpc) is 3.19. The number of nitrogens with one attached hydrogen (secondary N) is 2.